The highest BCUT2D eigenvalue weighted by molar-refractivity contribution is 5.91. The highest BCUT2D eigenvalue weighted by Gasteiger charge is 2.28. The molecule has 2 aliphatic heterocycles. The van der Waals surface area contributed by atoms with Crippen LogP contribution in [0.3, 0.4) is 0 Å². The smallest absolute Gasteiger partial charge is 0.244 e. The van der Waals surface area contributed by atoms with E-state index in [1.54, 1.807) is 12.2 Å². The summed E-state index contributed by atoms with van der Waals surface area (Å²) >= 11 is 0. The van der Waals surface area contributed by atoms with Crippen molar-refractivity contribution in [2.75, 3.05) is 39.6 Å². The molecule has 1 saturated heterocycles. The van der Waals surface area contributed by atoms with E-state index >= 15 is 0 Å². The number of benzene rings is 1. The number of ether oxygens (including phenoxy) is 3. The van der Waals surface area contributed by atoms with E-state index in [1.165, 1.54) is 0 Å². The third-order valence-electron chi connectivity index (χ3n) is 4.39. The van der Waals surface area contributed by atoms with Gasteiger partial charge in [0.1, 0.15) is 0 Å². The molecule has 0 unspecified atom stereocenters. The molecule has 1 N–H and O–H groups in total. The standard InChI is InChI=1S/C18H24N2O4/c1-18(2,20-7-9-22-10-8-20)12-19-17(21)6-4-14-3-5-15-16(11-14)24-13-23-15/h3-6,11H,7-10,12-13H2,1-2H3,(H,19,21)/b6-4+. The maximum Gasteiger partial charge on any atom is 0.244 e. The van der Waals surface area contributed by atoms with Crippen LogP contribution in [-0.4, -0.2) is 56.0 Å². The quantitative estimate of drug-likeness (QED) is 0.831. The number of morpholine rings is 1. The highest BCUT2D eigenvalue weighted by Crippen LogP contribution is 2.32. The fraction of sp³-hybridized carbons (Fsp3) is 0.500. The summed E-state index contributed by atoms with van der Waals surface area (Å²) in [6, 6.07) is 5.61. The van der Waals surface area contributed by atoms with E-state index in [9.17, 15) is 4.79 Å². The highest BCUT2D eigenvalue weighted by atomic mass is 16.7. The van der Waals surface area contributed by atoms with Crippen LogP contribution < -0.4 is 14.8 Å². The first kappa shape index (κ1) is 16.8. The molecule has 1 aromatic rings. The zero-order chi connectivity index (χ0) is 17.0. The van der Waals surface area contributed by atoms with Crippen molar-refractivity contribution in [3.63, 3.8) is 0 Å². The zero-order valence-corrected chi connectivity index (χ0v) is 14.2. The fourth-order valence-electron chi connectivity index (χ4n) is 2.83. The summed E-state index contributed by atoms with van der Waals surface area (Å²) in [5.74, 6) is 1.35. The number of amides is 1. The fourth-order valence-corrected chi connectivity index (χ4v) is 2.83. The Morgan fingerprint density at radius 2 is 2.00 bits per heavy atom. The van der Waals surface area contributed by atoms with E-state index in [2.05, 4.69) is 24.1 Å². The molecule has 6 nitrogen and oxygen atoms in total. The van der Waals surface area contributed by atoms with Gasteiger partial charge in [-0.05, 0) is 37.6 Å². The SMILES string of the molecule is CC(C)(CNC(=O)/C=C/c1ccc2c(c1)OCO2)N1CCOCC1. The van der Waals surface area contributed by atoms with Gasteiger partial charge in [0.05, 0.1) is 13.2 Å². The minimum atomic E-state index is -0.103. The molecule has 0 bridgehead atoms. The molecule has 0 atom stereocenters. The molecule has 0 radical (unpaired) electrons. The number of nitrogens with one attached hydrogen (secondary N) is 1. The van der Waals surface area contributed by atoms with Crippen LogP contribution in [-0.2, 0) is 9.53 Å². The second kappa shape index (κ2) is 7.23. The van der Waals surface area contributed by atoms with Crippen molar-refractivity contribution in [2.45, 2.75) is 19.4 Å². The molecule has 24 heavy (non-hydrogen) atoms. The molecular weight excluding hydrogens is 308 g/mol. The van der Waals surface area contributed by atoms with Gasteiger partial charge in [-0.25, -0.2) is 0 Å². The normalized spacial score (nSPS) is 18.1. The maximum absolute atomic E-state index is 12.1. The minimum Gasteiger partial charge on any atom is -0.454 e. The van der Waals surface area contributed by atoms with Gasteiger partial charge in [0, 0.05) is 31.2 Å². The van der Waals surface area contributed by atoms with Gasteiger partial charge in [-0.15, -0.1) is 0 Å². The third-order valence-corrected chi connectivity index (χ3v) is 4.39. The van der Waals surface area contributed by atoms with Gasteiger partial charge in [-0.2, -0.15) is 0 Å². The molecule has 1 aromatic carbocycles. The summed E-state index contributed by atoms with van der Waals surface area (Å²) in [4.78, 5) is 14.4. The molecule has 0 aliphatic carbocycles. The third kappa shape index (κ3) is 4.07. The number of carbonyl (C=O) groups excluding carboxylic acids is 1. The number of rotatable bonds is 5. The molecule has 3 rings (SSSR count). The van der Waals surface area contributed by atoms with Crippen molar-refractivity contribution < 1.29 is 19.0 Å². The number of hydrogen-bond donors (Lipinski definition) is 1. The minimum absolute atomic E-state index is 0.0912. The van der Waals surface area contributed by atoms with Crippen LogP contribution in [0.2, 0.25) is 0 Å². The number of nitrogens with zero attached hydrogens (tertiary/aromatic N) is 1. The number of fused-ring (bicyclic) bond motifs is 1. The predicted molar refractivity (Wildman–Crippen MR) is 91.1 cm³/mol. The molecule has 6 heteroatoms. The first-order chi connectivity index (χ1) is 11.5. The van der Waals surface area contributed by atoms with Gasteiger partial charge in [-0.1, -0.05) is 6.07 Å². The molecule has 2 aliphatic rings. The van der Waals surface area contributed by atoms with Gasteiger partial charge in [-0.3, -0.25) is 9.69 Å². The average Bonchev–Trinajstić information content (AvgIpc) is 3.07. The largest absolute Gasteiger partial charge is 0.454 e. The molecular formula is C18H24N2O4. The molecule has 0 spiro atoms. The molecule has 0 saturated carbocycles. The van der Waals surface area contributed by atoms with Crippen molar-refractivity contribution in [1.82, 2.24) is 10.2 Å². The van der Waals surface area contributed by atoms with E-state index in [4.69, 9.17) is 14.2 Å². The Kier molecular flexibility index (Phi) is 5.06. The molecule has 1 fully saturated rings. The number of carbonyl (C=O) groups is 1. The molecule has 2 heterocycles. The lowest BCUT2D eigenvalue weighted by Gasteiger charge is -2.40. The van der Waals surface area contributed by atoms with Crippen LogP contribution in [0.15, 0.2) is 24.3 Å². The topological polar surface area (TPSA) is 60.0 Å². The Morgan fingerprint density at radius 3 is 2.79 bits per heavy atom. The Balaban J connectivity index is 1.51. The average molecular weight is 332 g/mol. The van der Waals surface area contributed by atoms with Crippen LogP contribution in [0.25, 0.3) is 6.08 Å². The summed E-state index contributed by atoms with van der Waals surface area (Å²) in [6.07, 6.45) is 3.33. The van der Waals surface area contributed by atoms with Crippen molar-refractivity contribution in [3.05, 3.63) is 29.8 Å². The number of hydrogen-bond acceptors (Lipinski definition) is 5. The first-order valence-electron chi connectivity index (χ1n) is 8.23. The van der Waals surface area contributed by atoms with Crippen LogP contribution in [0.4, 0.5) is 0 Å². The first-order valence-corrected chi connectivity index (χ1v) is 8.23. The molecule has 130 valence electrons. The van der Waals surface area contributed by atoms with Crippen LogP contribution in [0.1, 0.15) is 19.4 Å². The van der Waals surface area contributed by atoms with E-state index in [0.29, 0.717) is 12.3 Å². The molecule has 1 amide bonds. The Hall–Kier alpha value is -2.05. The Morgan fingerprint density at radius 1 is 1.25 bits per heavy atom. The van der Waals surface area contributed by atoms with Crippen molar-refractivity contribution in [2.24, 2.45) is 0 Å². The predicted octanol–water partition coefficient (Wildman–Crippen LogP) is 1.66. The summed E-state index contributed by atoms with van der Waals surface area (Å²) in [5, 5.41) is 2.98. The van der Waals surface area contributed by atoms with Gasteiger partial charge in [0.15, 0.2) is 11.5 Å². The van der Waals surface area contributed by atoms with Crippen molar-refractivity contribution >= 4 is 12.0 Å². The van der Waals surface area contributed by atoms with E-state index < -0.39 is 0 Å². The van der Waals surface area contributed by atoms with E-state index in [0.717, 1.165) is 37.6 Å². The Labute approximate surface area is 142 Å². The van der Waals surface area contributed by atoms with E-state index in [-0.39, 0.29) is 18.2 Å². The summed E-state index contributed by atoms with van der Waals surface area (Å²) in [5.41, 5.74) is 0.813. The summed E-state index contributed by atoms with van der Waals surface area (Å²) in [7, 11) is 0. The summed E-state index contributed by atoms with van der Waals surface area (Å²) in [6.45, 7) is 8.42. The lowest BCUT2D eigenvalue weighted by atomic mass is 10.0. The van der Waals surface area contributed by atoms with Gasteiger partial charge in [0.25, 0.3) is 0 Å². The van der Waals surface area contributed by atoms with Crippen LogP contribution in [0, 0.1) is 0 Å². The van der Waals surface area contributed by atoms with Crippen LogP contribution >= 0.6 is 0 Å². The lowest BCUT2D eigenvalue weighted by Crippen LogP contribution is -2.55. The monoisotopic (exact) mass is 332 g/mol. The van der Waals surface area contributed by atoms with Crippen LogP contribution in [0.5, 0.6) is 11.5 Å². The van der Waals surface area contributed by atoms with Gasteiger partial charge >= 0.3 is 0 Å². The van der Waals surface area contributed by atoms with Crippen molar-refractivity contribution in [1.29, 1.82) is 0 Å². The van der Waals surface area contributed by atoms with E-state index in [1.807, 2.05) is 18.2 Å². The Bertz CT molecular complexity index is 621. The lowest BCUT2D eigenvalue weighted by molar-refractivity contribution is -0.117. The second-order valence-electron chi connectivity index (χ2n) is 6.58. The molecule has 0 aromatic heterocycles. The van der Waals surface area contributed by atoms with Gasteiger partial charge < -0.3 is 19.5 Å². The van der Waals surface area contributed by atoms with Gasteiger partial charge in [0.2, 0.25) is 12.7 Å². The maximum atomic E-state index is 12.1. The second-order valence-corrected chi connectivity index (χ2v) is 6.58. The summed E-state index contributed by atoms with van der Waals surface area (Å²) < 4.78 is 16.0. The van der Waals surface area contributed by atoms with Crippen molar-refractivity contribution in [3.8, 4) is 11.5 Å². The zero-order valence-electron chi connectivity index (χ0n) is 14.2.